The minimum Gasteiger partial charge on any atom is -0.444 e. The number of aromatic nitrogens is 4. The van der Waals surface area contributed by atoms with Gasteiger partial charge in [0.05, 0.1) is 23.5 Å². The Morgan fingerprint density at radius 3 is 2.82 bits per heavy atom. The molecule has 0 fully saturated rings. The lowest BCUT2D eigenvalue weighted by atomic mass is 9.99. The van der Waals surface area contributed by atoms with Crippen LogP contribution < -0.4 is 0 Å². The van der Waals surface area contributed by atoms with E-state index in [0.29, 0.717) is 13.0 Å². The van der Waals surface area contributed by atoms with Crippen LogP contribution in [-0.2, 0) is 23.2 Å². The maximum Gasteiger partial charge on any atom is 0.411 e. The summed E-state index contributed by atoms with van der Waals surface area (Å²) in [6.07, 6.45) is 0.302. The van der Waals surface area contributed by atoms with Crippen molar-refractivity contribution in [3.63, 3.8) is 0 Å². The predicted octanol–water partition coefficient (Wildman–Crippen LogP) is 4.30. The van der Waals surface area contributed by atoms with E-state index in [1.54, 1.807) is 16.2 Å². The third-order valence-corrected chi connectivity index (χ3v) is 5.80. The standard InChI is InChI=1S/C20H25N5O2S/c1-11-21-14(12-7-8-28-17(12)22-11)9-15-13-10-25(18(26)27-19(2,3)4)20(5,6)16(13)24-23-15/h7-8H,9-10H2,1-6H3,(H,23,24). The Morgan fingerprint density at radius 2 is 2.11 bits per heavy atom. The molecule has 4 rings (SSSR count). The first-order valence-corrected chi connectivity index (χ1v) is 10.2. The molecule has 0 atom stereocenters. The molecule has 1 amide bonds. The van der Waals surface area contributed by atoms with E-state index in [0.717, 1.165) is 38.7 Å². The summed E-state index contributed by atoms with van der Waals surface area (Å²) in [6, 6.07) is 2.06. The molecular formula is C20H25N5O2S. The molecule has 0 saturated carbocycles. The first kappa shape index (κ1) is 18.9. The fourth-order valence-corrected chi connectivity index (χ4v) is 4.49. The van der Waals surface area contributed by atoms with E-state index in [9.17, 15) is 4.79 Å². The summed E-state index contributed by atoms with van der Waals surface area (Å²) in [4.78, 5) is 24.6. The molecule has 4 heterocycles. The highest BCUT2D eigenvalue weighted by Gasteiger charge is 2.45. The van der Waals surface area contributed by atoms with Crippen LogP contribution >= 0.6 is 11.3 Å². The number of nitrogens with zero attached hydrogens (tertiary/aromatic N) is 4. The largest absolute Gasteiger partial charge is 0.444 e. The van der Waals surface area contributed by atoms with Gasteiger partial charge in [-0.1, -0.05) is 0 Å². The Morgan fingerprint density at radius 1 is 1.36 bits per heavy atom. The van der Waals surface area contributed by atoms with Crippen molar-refractivity contribution >= 4 is 27.6 Å². The summed E-state index contributed by atoms with van der Waals surface area (Å²) in [6.45, 7) is 12.0. The van der Waals surface area contributed by atoms with Gasteiger partial charge in [-0.25, -0.2) is 14.8 Å². The van der Waals surface area contributed by atoms with Gasteiger partial charge < -0.3 is 4.74 Å². The smallest absolute Gasteiger partial charge is 0.411 e. The van der Waals surface area contributed by atoms with E-state index in [-0.39, 0.29) is 6.09 Å². The van der Waals surface area contributed by atoms with Crippen LogP contribution in [0.2, 0.25) is 0 Å². The minimum atomic E-state index is -0.537. The zero-order valence-electron chi connectivity index (χ0n) is 17.1. The molecule has 0 aromatic carbocycles. The van der Waals surface area contributed by atoms with Gasteiger partial charge >= 0.3 is 6.09 Å². The molecule has 8 heteroatoms. The van der Waals surface area contributed by atoms with Crippen molar-refractivity contribution in [2.45, 2.75) is 65.6 Å². The SMILES string of the molecule is Cc1nc(Cc2[nH]nc3c2CN(C(=O)OC(C)(C)C)C3(C)C)c2ccsc2n1. The Bertz CT molecular complexity index is 1060. The summed E-state index contributed by atoms with van der Waals surface area (Å²) in [5.74, 6) is 0.761. The van der Waals surface area contributed by atoms with Crippen molar-refractivity contribution in [2.24, 2.45) is 0 Å². The van der Waals surface area contributed by atoms with Crippen molar-refractivity contribution in [1.82, 2.24) is 25.1 Å². The van der Waals surface area contributed by atoms with Crippen LogP contribution in [0.3, 0.4) is 0 Å². The molecule has 3 aromatic heterocycles. The second kappa shape index (κ2) is 6.27. The first-order valence-electron chi connectivity index (χ1n) is 9.34. The highest BCUT2D eigenvalue weighted by molar-refractivity contribution is 7.16. The van der Waals surface area contributed by atoms with Gasteiger partial charge in [-0.2, -0.15) is 5.10 Å². The number of fused-ring (bicyclic) bond motifs is 2. The fourth-order valence-electron chi connectivity index (χ4n) is 3.65. The van der Waals surface area contributed by atoms with Crippen LogP contribution in [-0.4, -0.2) is 36.8 Å². The summed E-state index contributed by atoms with van der Waals surface area (Å²) in [5.41, 5.74) is 2.83. The fraction of sp³-hybridized carbons (Fsp3) is 0.500. The number of aryl methyl sites for hydroxylation is 1. The highest BCUT2D eigenvalue weighted by atomic mass is 32.1. The summed E-state index contributed by atoms with van der Waals surface area (Å²) in [7, 11) is 0. The molecule has 148 valence electrons. The molecule has 0 bridgehead atoms. The monoisotopic (exact) mass is 399 g/mol. The molecule has 0 unspecified atom stereocenters. The van der Waals surface area contributed by atoms with Crippen molar-refractivity contribution in [2.75, 3.05) is 0 Å². The zero-order chi connectivity index (χ0) is 20.3. The molecule has 3 aromatic rings. The maximum absolute atomic E-state index is 12.7. The number of hydrogen-bond donors (Lipinski definition) is 1. The van der Waals surface area contributed by atoms with Gasteiger partial charge in [0.15, 0.2) is 0 Å². The Balaban J connectivity index is 1.66. The second-order valence-corrected chi connectivity index (χ2v) is 9.58. The molecule has 1 aliphatic rings. The van der Waals surface area contributed by atoms with Gasteiger partial charge in [0.1, 0.15) is 16.3 Å². The summed E-state index contributed by atoms with van der Waals surface area (Å²) >= 11 is 1.62. The number of thiophene rings is 1. The molecule has 0 aliphatic carbocycles. The molecule has 1 N–H and O–H groups in total. The van der Waals surface area contributed by atoms with Gasteiger partial charge in [-0.05, 0) is 53.0 Å². The number of nitrogens with one attached hydrogen (secondary N) is 1. The number of aromatic amines is 1. The molecular weight excluding hydrogens is 374 g/mol. The minimum absolute atomic E-state index is 0.320. The van der Waals surface area contributed by atoms with E-state index >= 15 is 0 Å². The topological polar surface area (TPSA) is 84.0 Å². The molecule has 0 spiro atoms. The third kappa shape index (κ3) is 3.15. The van der Waals surface area contributed by atoms with Crippen LogP contribution in [0.4, 0.5) is 4.79 Å². The molecule has 28 heavy (non-hydrogen) atoms. The Kier molecular flexibility index (Phi) is 4.22. The second-order valence-electron chi connectivity index (χ2n) is 8.69. The maximum atomic E-state index is 12.7. The van der Waals surface area contributed by atoms with Crippen LogP contribution in [0.5, 0.6) is 0 Å². The van der Waals surface area contributed by atoms with Crippen molar-refractivity contribution < 1.29 is 9.53 Å². The molecule has 0 radical (unpaired) electrons. The number of rotatable bonds is 2. The van der Waals surface area contributed by atoms with Crippen molar-refractivity contribution in [3.05, 3.63) is 39.9 Å². The zero-order valence-corrected chi connectivity index (χ0v) is 17.9. The van der Waals surface area contributed by atoms with Crippen LogP contribution in [0, 0.1) is 6.92 Å². The van der Waals surface area contributed by atoms with Crippen LogP contribution in [0.25, 0.3) is 10.2 Å². The predicted molar refractivity (Wildman–Crippen MR) is 108 cm³/mol. The summed E-state index contributed by atoms with van der Waals surface area (Å²) < 4.78 is 5.61. The number of amides is 1. The van der Waals surface area contributed by atoms with E-state index in [2.05, 4.69) is 26.2 Å². The Hall–Kier alpha value is -2.48. The summed E-state index contributed by atoms with van der Waals surface area (Å²) in [5, 5.41) is 10.8. The lowest BCUT2D eigenvalue weighted by molar-refractivity contribution is 0.00444. The van der Waals surface area contributed by atoms with Gasteiger partial charge in [-0.3, -0.25) is 10.00 Å². The van der Waals surface area contributed by atoms with E-state index < -0.39 is 11.1 Å². The van der Waals surface area contributed by atoms with Gasteiger partial charge in [-0.15, -0.1) is 11.3 Å². The third-order valence-electron chi connectivity index (χ3n) is 5.00. The quantitative estimate of drug-likeness (QED) is 0.694. The number of H-pyrrole nitrogens is 1. The van der Waals surface area contributed by atoms with Gasteiger partial charge in [0, 0.05) is 23.1 Å². The van der Waals surface area contributed by atoms with Crippen LogP contribution in [0.1, 0.15) is 63.1 Å². The van der Waals surface area contributed by atoms with E-state index in [1.165, 1.54) is 0 Å². The normalized spacial score (nSPS) is 15.9. The Labute approximate surface area is 168 Å². The lowest BCUT2D eigenvalue weighted by Crippen LogP contribution is -2.43. The van der Waals surface area contributed by atoms with Gasteiger partial charge in [0.2, 0.25) is 0 Å². The number of carbonyl (C=O) groups is 1. The lowest BCUT2D eigenvalue weighted by Gasteiger charge is -2.33. The molecule has 0 saturated heterocycles. The average Bonchev–Trinajstić information content (AvgIpc) is 3.22. The number of hydrogen-bond acceptors (Lipinski definition) is 6. The average molecular weight is 400 g/mol. The van der Waals surface area contributed by atoms with Crippen LogP contribution in [0.15, 0.2) is 11.4 Å². The number of ether oxygens (including phenoxy) is 1. The van der Waals surface area contributed by atoms with Crippen molar-refractivity contribution in [1.29, 1.82) is 0 Å². The van der Waals surface area contributed by atoms with Gasteiger partial charge in [0.25, 0.3) is 0 Å². The van der Waals surface area contributed by atoms with E-state index in [1.807, 2.05) is 46.9 Å². The first-order chi connectivity index (χ1) is 13.1. The highest BCUT2D eigenvalue weighted by Crippen LogP contribution is 2.40. The number of carbonyl (C=O) groups excluding carboxylic acids is 1. The van der Waals surface area contributed by atoms with Crippen molar-refractivity contribution in [3.8, 4) is 0 Å². The molecule has 1 aliphatic heterocycles. The molecule has 7 nitrogen and oxygen atoms in total. The van der Waals surface area contributed by atoms with E-state index in [4.69, 9.17) is 4.74 Å².